The van der Waals surface area contributed by atoms with Crippen LogP contribution in [0, 0.1) is 0 Å². The smallest absolute Gasteiger partial charge is 0.214 e. The van der Waals surface area contributed by atoms with Gasteiger partial charge in [0.1, 0.15) is 0 Å². The molecule has 0 aromatic carbocycles. The first-order valence-corrected chi connectivity index (χ1v) is 4.35. The molecule has 0 bridgehead atoms. The Morgan fingerprint density at radius 1 is 1.55 bits per heavy atom. The van der Waals surface area contributed by atoms with Crippen molar-refractivity contribution in [3.63, 3.8) is 0 Å². The van der Waals surface area contributed by atoms with Crippen LogP contribution >= 0.6 is 22.6 Å². The maximum atomic E-state index is 10.9. The third kappa shape index (κ3) is 4.39. The topological polar surface area (TPSA) is 37.4 Å². The molecule has 0 aliphatic carbocycles. The summed E-state index contributed by atoms with van der Waals surface area (Å²) in [6.07, 6.45) is -0.0300. The highest BCUT2D eigenvalue weighted by Crippen LogP contribution is 1.96. The van der Waals surface area contributed by atoms with Gasteiger partial charge in [-0.3, -0.25) is 9.59 Å². The minimum Gasteiger partial charge on any atom is -0.335 e. The minimum atomic E-state index is -0.183. The Morgan fingerprint density at radius 2 is 2.09 bits per heavy atom. The van der Waals surface area contributed by atoms with Crippen molar-refractivity contribution >= 4 is 40.1 Å². The summed E-state index contributed by atoms with van der Waals surface area (Å²) < 4.78 is -0.0498. The first-order valence-electron chi connectivity index (χ1n) is 3.28. The maximum Gasteiger partial charge on any atom is 0.214 e. The molecule has 5 heteroatoms. The van der Waals surface area contributed by atoms with Crippen LogP contribution in [-0.2, 0) is 9.59 Å². The third-order valence-corrected chi connectivity index (χ3v) is 1.57. The standard InChI is InChI=1S/C6H9BINO2/c1-2-9(4-5(8)10)6(11)3-7/h2-4H2,1H3. The molecule has 3 nitrogen and oxygen atoms in total. The minimum absolute atomic E-state index is 0.0300. The number of hydrogen-bond acceptors (Lipinski definition) is 2. The molecule has 1 amide bonds. The second-order valence-corrected chi connectivity index (χ2v) is 3.17. The summed E-state index contributed by atoms with van der Waals surface area (Å²) in [5.41, 5.74) is 0. The van der Waals surface area contributed by atoms with Gasteiger partial charge in [0.15, 0.2) is 0 Å². The fourth-order valence-corrected chi connectivity index (χ4v) is 1.07. The van der Waals surface area contributed by atoms with Gasteiger partial charge >= 0.3 is 0 Å². The molecule has 11 heavy (non-hydrogen) atoms. The van der Waals surface area contributed by atoms with Gasteiger partial charge in [-0.05, 0) is 13.2 Å². The molecular formula is C6H9BINO2. The van der Waals surface area contributed by atoms with Crippen LogP contribution in [0.15, 0.2) is 0 Å². The van der Waals surface area contributed by atoms with Crippen molar-refractivity contribution in [3.8, 4) is 0 Å². The van der Waals surface area contributed by atoms with E-state index in [2.05, 4.69) is 0 Å². The molecule has 0 heterocycles. The van der Waals surface area contributed by atoms with E-state index in [1.807, 2.05) is 6.92 Å². The summed E-state index contributed by atoms with van der Waals surface area (Å²) >= 11 is 1.66. The number of carbonyl (C=O) groups is 2. The maximum absolute atomic E-state index is 10.9. The van der Waals surface area contributed by atoms with E-state index in [-0.39, 0.29) is 22.6 Å². The van der Waals surface area contributed by atoms with Crippen molar-refractivity contribution in [2.75, 3.05) is 13.1 Å². The fourth-order valence-electron chi connectivity index (χ4n) is 0.655. The van der Waals surface area contributed by atoms with Crippen LogP contribution in [0.3, 0.4) is 0 Å². The van der Waals surface area contributed by atoms with Crippen molar-refractivity contribution < 1.29 is 9.59 Å². The molecule has 60 valence electrons. The average Bonchev–Trinajstić information content (AvgIpc) is 1.98. The number of halogens is 1. The lowest BCUT2D eigenvalue weighted by Crippen LogP contribution is -2.33. The van der Waals surface area contributed by atoms with Gasteiger partial charge in [0.2, 0.25) is 9.70 Å². The number of hydrogen-bond donors (Lipinski definition) is 0. The zero-order valence-electron chi connectivity index (χ0n) is 6.34. The van der Waals surface area contributed by atoms with Crippen LogP contribution in [0.4, 0.5) is 0 Å². The number of carbonyl (C=O) groups excluding carboxylic acids is 2. The van der Waals surface area contributed by atoms with Gasteiger partial charge in [0.05, 0.1) is 14.4 Å². The summed E-state index contributed by atoms with van der Waals surface area (Å²) in [6.45, 7) is 2.50. The van der Waals surface area contributed by atoms with Gasteiger partial charge in [0.25, 0.3) is 0 Å². The van der Waals surface area contributed by atoms with Gasteiger partial charge in [-0.2, -0.15) is 0 Å². The molecule has 0 fully saturated rings. The second-order valence-electron chi connectivity index (χ2n) is 1.97. The van der Waals surface area contributed by atoms with Crippen molar-refractivity contribution in [2.24, 2.45) is 0 Å². The Labute approximate surface area is 81.1 Å². The monoisotopic (exact) mass is 265 g/mol. The Kier molecular flexibility index (Phi) is 5.54. The Bertz CT molecular complexity index is 163. The van der Waals surface area contributed by atoms with Crippen molar-refractivity contribution in [2.45, 2.75) is 13.2 Å². The molecule has 0 saturated heterocycles. The molecular weight excluding hydrogens is 256 g/mol. The van der Waals surface area contributed by atoms with Crippen molar-refractivity contribution in [3.05, 3.63) is 0 Å². The molecule has 0 aliphatic rings. The van der Waals surface area contributed by atoms with Crippen LogP contribution in [0.5, 0.6) is 0 Å². The number of rotatable bonds is 4. The van der Waals surface area contributed by atoms with Crippen molar-refractivity contribution in [1.82, 2.24) is 4.90 Å². The van der Waals surface area contributed by atoms with E-state index in [0.717, 1.165) is 0 Å². The molecule has 0 aromatic heterocycles. The van der Waals surface area contributed by atoms with Gasteiger partial charge in [0, 0.05) is 29.1 Å². The predicted molar refractivity (Wildman–Crippen MR) is 51.8 cm³/mol. The highest BCUT2D eigenvalue weighted by Gasteiger charge is 2.10. The average molecular weight is 265 g/mol. The normalized spacial score (nSPS) is 9.27. The van der Waals surface area contributed by atoms with E-state index in [4.69, 9.17) is 7.85 Å². The molecule has 0 aromatic rings. The largest absolute Gasteiger partial charge is 0.335 e. The second kappa shape index (κ2) is 5.57. The third-order valence-electron chi connectivity index (χ3n) is 1.22. The van der Waals surface area contributed by atoms with E-state index in [1.165, 1.54) is 4.90 Å². The molecule has 0 aliphatic heterocycles. The molecule has 0 spiro atoms. The summed E-state index contributed by atoms with van der Waals surface area (Å²) in [5.74, 6) is -0.183. The number of nitrogens with zero attached hydrogens (tertiary/aromatic N) is 1. The molecule has 0 rings (SSSR count). The highest BCUT2D eigenvalue weighted by atomic mass is 127. The first kappa shape index (κ1) is 10.9. The molecule has 0 saturated carbocycles. The summed E-state index contributed by atoms with van der Waals surface area (Å²) in [6, 6.07) is 0. The molecule has 0 N–H and O–H groups in total. The van der Waals surface area contributed by atoms with Crippen LogP contribution in [0.25, 0.3) is 0 Å². The first-order chi connectivity index (χ1) is 5.11. The van der Waals surface area contributed by atoms with Crippen LogP contribution < -0.4 is 0 Å². The van der Waals surface area contributed by atoms with Gasteiger partial charge in [-0.25, -0.2) is 0 Å². The van der Waals surface area contributed by atoms with Gasteiger partial charge < -0.3 is 4.90 Å². The van der Waals surface area contributed by atoms with E-state index in [9.17, 15) is 9.59 Å². The number of likely N-dealkylation sites (N-methyl/N-ethyl adjacent to an activating group) is 1. The summed E-state index contributed by atoms with van der Waals surface area (Å²) in [7, 11) is 5.12. The summed E-state index contributed by atoms with van der Waals surface area (Å²) in [4.78, 5) is 22.9. The Balaban J connectivity index is 3.94. The van der Waals surface area contributed by atoms with E-state index in [1.54, 1.807) is 22.6 Å². The van der Waals surface area contributed by atoms with Crippen LogP contribution in [0.2, 0.25) is 6.32 Å². The lowest BCUT2D eigenvalue weighted by Gasteiger charge is -2.17. The molecule has 2 radical (unpaired) electrons. The lowest BCUT2D eigenvalue weighted by atomic mass is 10.0. The van der Waals surface area contributed by atoms with Gasteiger partial charge in [-0.15, -0.1) is 0 Å². The molecule has 0 unspecified atom stereocenters. The summed E-state index contributed by atoms with van der Waals surface area (Å²) in [5, 5.41) is 0. The quantitative estimate of drug-likeness (QED) is 0.418. The lowest BCUT2D eigenvalue weighted by molar-refractivity contribution is -0.130. The molecule has 0 atom stereocenters. The van der Waals surface area contributed by atoms with Crippen LogP contribution in [-0.4, -0.2) is 35.5 Å². The predicted octanol–water partition coefficient (Wildman–Crippen LogP) is 0.383. The van der Waals surface area contributed by atoms with Crippen molar-refractivity contribution in [1.29, 1.82) is 0 Å². The van der Waals surface area contributed by atoms with E-state index in [0.29, 0.717) is 6.54 Å². The van der Waals surface area contributed by atoms with Gasteiger partial charge in [-0.1, -0.05) is 0 Å². The highest BCUT2D eigenvalue weighted by molar-refractivity contribution is 14.1. The van der Waals surface area contributed by atoms with Crippen LogP contribution in [0.1, 0.15) is 6.92 Å². The fraction of sp³-hybridized carbons (Fsp3) is 0.667. The number of amides is 1. The Morgan fingerprint density at radius 3 is 2.36 bits per heavy atom. The van der Waals surface area contributed by atoms with E-state index >= 15 is 0 Å². The Hall–Kier alpha value is -0.0651. The van der Waals surface area contributed by atoms with E-state index < -0.39 is 0 Å². The zero-order valence-corrected chi connectivity index (χ0v) is 8.50. The SMILES string of the molecule is [B]CC(=O)N(CC)CC(=O)I. The zero-order chi connectivity index (χ0) is 8.85.